The Morgan fingerprint density at radius 3 is 2.80 bits per heavy atom. The molecule has 0 aliphatic carbocycles. The zero-order valence-corrected chi connectivity index (χ0v) is 13.8. The van der Waals surface area contributed by atoms with Gasteiger partial charge in [-0.2, -0.15) is 5.10 Å². The second-order valence-electron chi connectivity index (χ2n) is 5.56. The molecule has 4 heterocycles. The second kappa shape index (κ2) is 5.93. The normalized spacial score (nSPS) is 16.5. The van der Waals surface area contributed by atoms with Crippen molar-refractivity contribution in [3.8, 4) is 5.69 Å². The van der Waals surface area contributed by atoms with E-state index >= 15 is 0 Å². The Morgan fingerprint density at radius 1 is 1.20 bits per heavy atom. The van der Waals surface area contributed by atoms with Gasteiger partial charge in [-0.15, -0.1) is 0 Å². The van der Waals surface area contributed by atoms with Crippen molar-refractivity contribution in [3.05, 3.63) is 48.6 Å². The maximum Gasteiger partial charge on any atom is 0.255 e. The zero-order valence-electron chi connectivity index (χ0n) is 13.8. The summed E-state index contributed by atoms with van der Waals surface area (Å²) in [6.07, 6.45) is 7.91. The van der Waals surface area contributed by atoms with Crippen molar-refractivity contribution in [2.75, 3.05) is 16.8 Å². The molecule has 126 valence electrons. The van der Waals surface area contributed by atoms with E-state index in [1.807, 2.05) is 19.9 Å². The van der Waals surface area contributed by atoms with E-state index in [1.54, 1.807) is 34.5 Å². The second-order valence-corrected chi connectivity index (χ2v) is 5.56. The molecule has 4 rings (SSSR count). The number of hydrogen-bond donors (Lipinski definition) is 1. The number of fused-ring (bicyclic) bond motifs is 1. The lowest BCUT2D eigenvalue weighted by Gasteiger charge is -2.33. The van der Waals surface area contributed by atoms with E-state index in [-0.39, 0.29) is 5.91 Å². The van der Waals surface area contributed by atoms with Gasteiger partial charge in [0.2, 0.25) is 0 Å². The molecule has 1 atom stereocenters. The van der Waals surface area contributed by atoms with Gasteiger partial charge in [0.15, 0.2) is 11.6 Å². The van der Waals surface area contributed by atoms with E-state index < -0.39 is 6.04 Å². The van der Waals surface area contributed by atoms with Gasteiger partial charge in [0.05, 0.1) is 5.69 Å². The molecule has 0 bridgehead atoms. The molecular formula is C16H16N8O. The fourth-order valence-corrected chi connectivity index (χ4v) is 3.04. The molecule has 9 heteroatoms. The highest BCUT2D eigenvalue weighted by Gasteiger charge is 2.37. The molecule has 1 aliphatic heterocycles. The van der Waals surface area contributed by atoms with Crippen molar-refractivity contribution in [1.29, 1.82) is 0 Å². The van der Waals surface area contributed by atoms with E-state index in [0.29, 0.717) is 18.2 Å². The van der Waals surface area contributed by atoms with Gasteiger partial charge in [0, 0.05) is 36.4 Å². The van der Waals surface area contributed by atoms with Crippen LogP contribution in [0.1, 0.15) is 24.2 Å². The Kier molecular flexibility index (Phi) is 3.60. The Balaban J connectivity index is 1.87. The standard InChI is InChI=1S/C16H16N8O/c1-3-23-15-14(19-6-7-20-15)22-13(16(23)25)12-10(2)18-5-4-11(12)24-9-17-8-21-24/h4-9,13H,3H2,1-2H3,(H,19,22). The molecule has 0 aromatic carbocycles. The minimum absolute atomic E-state index is 0.104. The van der Waals surface area contributed by atoms with Gasteiger partial charge in [-0.1, -0.05) is 0 Å². The number of carbonyl (C=O) groups excluding carboxylic acids is 1. The van der Waals surface area contributed by atoms with E-state index in [1.165, 1.54) is 6.33 Å². The van der Waals surface area contributed by atoms with Crippen molar-refractivity contribution in [1.82, 2.24) is 29.7 Å². The first-order chi connectivity index (χ1) is 12.2. The molecule has 0 saturated heterocycles. The maximum absolute atomic E-state index is 13.1. The first-order valence-electron chi connectivity index (χ1n) is 7.90. The first-order valence-corrected chi connectivity index (χ1v) is 7.90. The summed E-state index contributed by atoms with van der Waals surface area (Å²) in [5, 5.41) is 7.39. The van der Waals surface area contributed by atoms with Crippen LogP contribution >= 0.6 is 0 Å². The molecule has 3 aromatic heterocycles. The van der Waals surface area contributed by atoms with Crippen molar-refractivity contribution < 1.29 is 4.79 Å². The molecule has 3 aromatic rings. The quantitative estimate of drug-likeness (QED) is 0.768. The third-order valence-corrected chi connectivity index (χ3v) is 4.17. The number of hydrogen-bond acceptors (Lipinski definition) is 7. The number of nitrogens with zero attached hydrogens (tertiary/aromatic N) is 7. The average Bonchev–Trinajstić information content (AvgIpc) is 3.16. The van der Waals surface area contributed by atoms with Crippen LogP contribution in [0.25, 0.3) is 5.69 Å². The number of anilines is 2. The van der Waals surface area contributed by atoms with Crippen LogP contribution < -0.4 is 10.2 Å². The molecule has 0 saturated carbocycles. The predicted molar refractivity (Wildman–Crippen MR) is 90.3 cm³/mol. The van der Waals surface area contributed by atoms with E-state index in [0.717, 1.165) is 16.9 Å². The molecule has 1 amide bonds. The van der Waals surface area contributed by atoms with Crippen molar-refractivity contribution in [2.24, 2.45) is 0 Å². The summed E-state index contributed by atoms with van der Waals surface area (Å²) in [5.41, 5.74) is 2.23. The van der Waals surface area contributed by atoms with Gasteiger partial charge in [-0.05, 0) is 19.9 Å². The van der Waals surface area contributed by atoms with Crippen LogP contribution in [0.2, 0.25) is 0 Å². The number of amides is 1. The van der Waals surface area contributed by atoms with E-state index in [2.05, 4.69) is 30.4 Å². The lowest BCUT2D eigenvalue weighted by Crippen LogP contribution is -2.43. The van der Waals surface area contributed by atoms with Crippen LogP contribution in [0.15, 0.2) is 37.3 Å². The molecule has 0 fully saturated rings. The van der Waals surface area contributed by atoms with E-state index in [4.69, 9.17) is 0 Å². The van der Waals surface area contributed by atoms with Gasteiger partial charge in [-0.25, -0.2) is 19.6 Å². The Hall–Kier alpha value is -3.36. The van der Waals surface area contributed by atoms with Crippen molar-refractivity contribution in [3.63, 3.8) is 0 Å². The highest BCUT2D eigenvalue weighted by molar-refractivity contribution is 6.04. The minimum Gasteiger partial charge on any atom is -0.352 e. The van der Waals surface area contributed by atoms with Crippen molar-refractivity contribution >= 4 is 17.5 Å². The van der Waals surface area contributed by atoms with Crippen LogP contribution in [0, 0.1) is 6.92 Å². The van der Waals surface area contributed by atoms with E-state index in [9.17, 15) is 4.79 Å². The molecule has 1 N–H and O–H groups in total. The maximum atomic E-state index is 13.1. The number of aromatic nitrogens is 6. The molecule has 0 radical (unpaired) electrons. The summed E-state index contributed by atoms with van der Waals surface area (Å²) in [6.45, 7) is 4.28. The average molecular weight is 336 g/mol. The number of rotatable bonds is 3. The summed E-state index contributed by atoms with van der Waals surface area (Å²) in [6, 6.07) is 1.19. The number of aryl methyl sites for hydroxylation is 1. The first kappa shape index (κ1) is 15.2. The summed E-state index contributed by atoms with van der Waals surface area (Å²) in [5.74, 6) is 1.00. The fraction of sp³-hybridized carbons (Fsp3) is 0.250. The Bertz CT molecular complexity index is 924. The lowest BCUT2D eigenvalue weighted by molar-refractivity contribution is -0.119. The summed E-state index contributed by atoms with van der Waals surface area (Å²) in [7, 11) is 0. The number of pyridine rings is 1. The molecular weight excluding hydrogens is 320 g/mol. The van der Waals surface area contributed by atoms with Gasteiger partial charge in [-0.3, -0.25) is 14.7 Å². The number of likely N-dealkylation sites (N-methyl/N-ethyl adjacent to an activating group) is 1. The highest BCUT2D eigenvalue weighted by Crippen LogP contribution is 2.35. The summed E-state index contributed by atoms with van der Waals surface area (Å²) >= 11 is 0. The van der Waals surface area contributed by atoms with Crippen LogP contribution in [0.3, 0.4) is 0 Å². The monoisotopic (exact) mass is 336 g/mol. The molecule has 9 nitrogen and oxygen atoms in total. The summed E-state index contributed by atoms with van der Waals surface area (Å²) in [4.78, 5) is 31.7. The number of nitrogens with one attached hydrogen (secondary N) is 1. The van der Waals surface area contributed by atoms with Gasteiger partial charge in [0.25, 0.3) is 5.91 Å². The molecule has 1 unspecified atom stereocenters. The Labute approximate surface area is 143 Å². The van der Waals surface area contributed by atoms with Crippen LogP contribution in [0.4, 0.5) is 11.6 Å². The van der Waals surface area contributed by atoms with Gasteiger partial charge >= 0.3 is 0 Å². The van der Waals surface area contributed by atoms with Crippen LogP contribution in [-0.2, 0) is 4.79 Å². The molecule has 1 aliphatic rings. The summed E-state index contributed by atoms with van der Waals surface area (Å²) < 4.78 is 1.63. The van der Waals surface area contributed by atoms with Crippen molar-refractivity contribution in [2.45, 2.75) is 19.9 Å². The largest absolute Gasteiger partial charge is 0.352 e. The SMILES string of the molecule is CCN1C(=O)C(c2c(-n3cncn3)ccnc2C)Nc2nccnc21. The lowest BCUT2D eigenvalue weighted by atomic mass is 10.00. The number of carbonyl (C=O) groups is 1. The topological polar surface area (TPSA) is 102 Å². The predicted octanol–water partition coefficient (Wildman–Crippen LogP) is 1.28. The Morgan fingerprint density at radius 2 is 2.04 bits per heavy atom. The van der Waals surface area contributed by atoms with Gasteiger partial charge < -0.3 is 5.32 Å². The zero-order chi connectivity index (χ0) is 17.4. The van der Waals surface area contributed by atoms with Crippen LogP contribution in [0.5, 0.6) is 0 Å². The third-order valence-electron chi connectivity index (χ3n) is 4.17. The minimum atomic E-state index is -0.628. The fourth-order valence-electron chi connectivity index (χ4n) is 3.04. The van der Waals surface area contributed by atoms with Crippen LogP contribution in [-0.4, -0.2) is 42.2 Å². The third kappa shape index (κ3) is 2.40. The molecule has 25 heavy (non-hydrogen) atoms. The highest BCUT2D eigenvalue weighted by atomic mass is 16.2. The van der Waals surface area contributed by atoms with Gasteiger partial charge in [0.1, 0.15) is 18.7 Å². The smallest absolute Gasteiger partial charge is 0.255 e. The molecule has 0 spiro atoms.